The van der Waals surface area contributed by atoms with Crippen LogP contribution in [0.15, 0.2) is 12.7 Å². The molecule has 0 rings (SSSR count). The van der Waals surface area contributed by atoms with E-state index < -0.39 is 14.2 Å². The molecule has 2 heteroatoms. The summed E-state index contributed by atoms with van der Waals surface area (Å²) in [5.74, 6) is 3.21. The normalized spacial score (nSPS) is 13.8. The lowest BCUT2D eigenvalue weighted by Crippen LogP contribution is -2.43. The molecule has 0 bridgehead atoms. The van der Waals surface area contributed by atoms with Gasteiger partial charge in [-0.15, -0.1) is 18.0 Å². The van der Waals surface area contributed by atoms with Gasteiger partial charge in [0.2, 0.25) is 0 Å². The second-order valence-electron chi connectivity index (χ2n) is 5.71. The Balaban J connectivity index is 5.12. The van der Waals surface area contributed by atoms with E-state index in [-0.39, 0.29) is 0 Å². The Hall–Kier alpha value is -0.523. The van der Waals surface area contributed by atoms with E-state index in [0.717, 1.165) is 0 Å². The smallest absolute Gasteiger partial charge is 0.145 e. The predicted molar refractivity (Wildman–Crippen MR) is 79.6 cm³/mol. The zero-order valence-corrected chi connectivity index (χ0v) is 13.2. The van der Waals surface area contributed by atoms with E-state index in [1.807, 2.05) is 0 Å². The fourth-order valence-electron chi connectivity index (χ4n) is 2.83. The molecule has 98 valence electrons. The Bertz CT molecular complexity index is 272. The maximum absolute atomic E-state index is 9.47. The molecule has 0 aliphatic carbocycles. The summed E-state index contributed by atoms with van der Waals surface area (Å²) in [5.41, 5.74) is 5.52. The standard InChI is InChI=1S/C15H28OSi/c1-8-15(16)10-9-11-17(12(2)3,13(4)5)14(6)7/h8,12-16H,1,10H2,2-7H3. The highest BCUT2D eigenvalue weighted by atomic mass is 28.3. The Labute approximate surface area is 108 Å². The van der Waals surface area contributed by atoms with Crippen molar-refractivity contribution in [3.05, 3.63) is 12.7 Å². The molecule has 1 atom stereocenters. The first-order valence-electron chi connectivity index (χ1n) is 6.59. The molecule has 0 fully saturated rings. The summed E-state index contributed by atoms with van der Waals surface area (Å²) in [6.07, 6.45) is 1.59. The molecule has 0 spiro atoms. The third kappa shape index (κ3) is 4.01. The zero-order valence-electron chi connectivity index (χ0n) is 12.2. The van der Waals surface area contributed by atoms with E-state index in [9.17, 15) is 5.11 Å². The van der Waals surface area contributed by atoms with Crippen LogP contribution in [0.3, 0.4) is 0 Å². The van der Waals surface area contributed by atoms with E-state index in [2.05, 4.69) is 59.6 Å². The minimum Gasteiger partial charge on any atom is -0.388 e. The van der Waals surface area contributed by atoms with Crippen molar-refractivity contribution in [2.24, 2.45) is 0 Å². The van der Waals surface area contributed by atoms with Crippen molar-refractivity contribution in [1.29, 1.82) is 0 Å². The van der Waals surface area contributed by atoms with Gasteiger partial charge in [-0.3, -0.25) is 0 Å². The van der Waals surface area contributed by atoms with Gasteiger partial charge >= 0.3 is 0 Å². The summed E-state index contributed by atoms with van der Waals surface area (Å²) in [4.78, 5) is 0. The topological polar surface area (TPSA) is 20.2 Å². The van der Waals surface area contributed by atoms with Crippen molar-refractivity contribution in [1.82, 2.24) is 0 Å². The maximum Gasteiger partial charge on any atom is 0.145 e. The van der Waals surface area contributed by atoms with Gasteiger partial charge in [0.05, 0.1) is 6.10 Å². The van der Waals surface area contributed by atoms with Crippen molar-refractivity contribution in [2.75, 3.05) is 0 Å². The van der Waals surface area contributed by atoms with Crippen LogP contribution in [-0.2, 0) is 0 Å². The molecule has 0 heterocycles. The van der Waals surface area contributed by atoms with E-state index in [1.165, 1.54) is 0 Å². The summed E-state index contributed by atoms with van der Waals surface area (Å²) in [7, 11) is -1.61. The third-order valence-electron chi connectivity index (χ3n) is 3.75. The highest BCUT2D eigenvalue weighted by Crippen LogP contribution is 2.40. The van der Waals surface area contributed by atoms with Gasteiger partial charge in [0, 0.05) is 6.42 Å². The minimum atomic E-state index is -1.61. The van der Waals surface area contributed by atoms with Gasteiger partial charge in [-0.2, -0.15) is 0 Å². The molecule has 0 aliphatic rings. The molecule has 0 saturated heterocycles. The first-order chi connectivity index (χ1) is 7.78. The van der Waals surface area contributed by atoms with Gasteiger partial charge in [0.1, 0.15) is 8.07 Å². The number of hydrogen-bond donors (Lipinski definition) is 1. The molecule has 0 amide bonds. The van der Waals surface area contributed by atoms with E-state index in [4.69, 9.17) is 0 Å². The minimum absolute atomic E-state index is 0.485. The van der Waals surface area contributed by atoms with Crippen LogP contribution in [0.2, 0.25) is 16.6 Å². The lowest BCUT2D eigenvalue weighted by molar-refractivity contribution is 0.230. The Morgan fingerprint density at radius 3 is 1.76 bits per heavy atom. The van der Waals surface area contributed by atoms with Crippen LogP contribution in [0, 0.1) is 11.5 Å². The average molecular weight is 252 g/mol. The number of hydrogen-bond acceptors (Lipinski definition) is 1. The van der Waals surface area contributed by atoms with Gasteiger partial charge in [-0.1, -0.05) is 47.6 Å². The molecule has 1 N–H and O–H groups in total. The second-order valence-corrected chi connectivity index (χ2v) is 11.3. The SMILES string of the molecule is C=CC(O)CC#C[Si](C(C)C)(C(C)C)C(C)C. The van der Waals surface area contributed by atoms with E-state index in [0.29, 0.717) is 23.0 Å². The number of rotatable bonds is 5. The summed E-state index contributed by atoms with van der Waals surface area (Å²) in [5, 5.41) is 9.47. The van der Waals surface area contributed by atoms with E-state index in [1.54, 1.807) is 6.08 Å². The van der Waals surface area contributed by atoms with Crippen LogP contribution in [-0.4, -0.2) is 19.3 Å². The second kappa shape index (κ2) is 7.03. The molecule has 0 saturated carbocycles. The number of aliphatic hydroxyl groups excluding tert-OH is 1. The molecule has 1 unspecified atom stereocenters. The molecule has 0 radical (unpaired) electrons. The van der Waals surface area contributed by atoms with Gasteiger partial charge in [-0.25, -0.2) is 0 Å². The first kappa shape index (κ1) is 16.5. The van der Waals surface area contributed by atoms with Crippen LogP contribution in [0.5, 0.6) is 0 Å². The van der Waals surface area contributed by atoms with Gasteiger partial charge in [0.25, 0.3) is 0 Å². The van der Waals surface area contributed by atoms with Gasteiger partial charge in [-0.05, 0) is 16.6 Å². The predicted octanol–water partition coefficient (Wildman–Crippen LogP) is 4.14. The maximum atomic E-state index is 9.47. The monoisotopic (exact) mass is 252 g/mol. The Morgan fingerprint density at radius 2 is 1.47 bits per heavy atom. The first-order valence-corrected chi connectivity index (χ1v) is 8.82. The Morgan fingerprint density at radius 1 is 1.06 bits per heavy atom. The molecule has 0 aliphatic heterocycles. The van der Waals surface area contributed by atoms with Crippen LogP contribution in [0.4, 0.5) is 0 Å². The quantitative estimate of drug-likeness (QED) is 0.443. The van der Waals surface area contributed by atoms with Crippen molar-refractivity contribution in [3.63, 3.8) is 0 Å². The van der Waals surface area contributed by atoms with E-state index >= 15 is 0 Å². The summed E-state index contributed by atoms with van der Waals surface area (Å²) < 4.78 is 0. The van der Waals surface area contributed by atoms with Gasteiger partial charge < -0.3 is 5.11 Å². The van der Waals surface area contributed by atoms with Crippen molar-refractivity contribution in [3.8, 4) is 11.5 Å². The fourth-order valence-corrected chi connectivity index (χ4v) is 8.10. The largest absolute Gasteiger partial charge is 0.388 e. The lowest BCUT2D eigenvalue weighted by atomic mass is 10.3. The summed E-state index contributed by atoms with van der Waals surface area (Å²) in [6.45, 7) is 17.4. The molecule has 0 aromatic rings. The lowest BCUT2D eigenvalue weighted by Gasteiger charge is -2.38. The number of aliphatic hydroxyl groups is 1. The molecule has 17 heavy (non-hydrogen) atoms. The van der Waals surface area contributed by atoms with Crippen LogP contribution in [0.1, 0.15) is 48.0 Å². The highest BCUT2D eigenvalue weighted by molar-refractivity contribution is 6.90. The zero-order chi connectivity index (χ0) is 13.6. The van der Waals surface area contributed by atoms with Crippen molar-refractivity contribution >= 4 is 8.07 Å². The highest BCUT2D eigenvalue weighted by Gasteiger charge is 2.41. The van der Waals surface area contributed by atoms with Crippen LogP contribution >= 0.6 is 0 Å². The molecular formula is C15H28OSi. The summed E-state index contributed by atoms with van der Waals surface area (Å²) in [6, 6.07) is 0. The average Bonchev–Trinajstić information content (AvgIpc) is 2.22. The molecule has 1 nitrogen and oxygen atoms in total. The van der Waals surface area contributed by atoms with Crippen LogP contribution < -0.4 is 0 Å². The molecule has 0 aromatic heterocycles. The van der Waals surface area contributed by atoms with Gasteiger partial charge in [0.15, 0.2) is 0 Å². The van der Waals surface area contributed by atoms with Crippen molar-refractivity contribution in [2.45, 2.75) is 70.7 Å². The third-order valence-corrected chi connectivity index (χ3v) is 10.1. The van der Waals surface area contributed by atoms with Crippen LogP contribution in [0.25, 0.3) is 0 Å². The van der Waals surface area contributed by atoms with Crippen molar-refractivity contribution < 1.29 is 5.11 Å². The molecule has 0 aromatic carbocycles. The summed E-state index contributed by atoms with van der Waals surface area (Å²) >= 11 is 0. The fraction of sp³-hybridized carbons (Fsp3) is 0.733. The molecular weight excluding hydrogens is 224 g/mol. The Kier molecular flexibility index (Phi) is 6.82.